The van der Waals surface area contributed by atoms with Crippen molar-refractivity contribution in [1.82, 2.24) is 15.8 Å². The molecule has 0 bridgehead atoms. The average Bonchev–Trinajstić information content (AvgIpc) is 2.88. The number of halogens is 1. The number of carbonyl (C=O) groups is 4. The molecule has 29 heavy (non-hydrogen) atoms. The summed E-state index contributed by atoms with van der Waals surface area (Å²) in [5.41, 5.74) is 2.09. The Bertz CT molecular complexity index is 807. The number of benzene rings is 1. The van der Waals surface area contributed by atoms with E-state index >= 15 is 0 Å². The van der Waals surface area contributed by atoms with E-state index in [9.17, 15) is 19.2 Å². The lowest BCUT2D eigenvalue weighted by Gasteiger charge is -2.30. The van der Waals surface area contributed by atoms with Gasteiger partial charge in [0.2, 0.25) is 0 Å². The van der Waals surface area contributed by atoms with Crippen molar-refractivity contribution >= 4 is 41.0 Å². The van der Waals surface area contributed by atoms with Crippen LogP contribution in [0.1, 0.15) is 32.1 Å². The summed E-state index contributed by atoms with van der Waals surface area (Å²) in [6.45, 7) is -0.0295. The van der Waals surface area contributed by atoms with Gasteiger partial charge in [0.15, 0.2) is 13.1 Å². The fourth-order valence-electron chi connectivity index (χ4n) is 3.73. The van der Waals surface area contributed by atoms with E-state index in [0.29, 0.717) is 28.5 Å². The smallest absolute Gasteiger partial charge is 0.322 e. The number of quaternary nitrogens is 1. The Morgan fingerprint density at radius 2 is 1.72 bits per heavy atom. The average molecular weight is 423 g/mol. The first kappa shape index (κ1) is 21.1. The summed E-state index contributed by atoms with van der Waals surface area (Å²) in [5.74, 6) is -1.19. The van der Waals surface area contributed by atoms with Gasteiger partial charge in [-0.2, -0.15) is 5.01 Å². The Kier molecular flexibility index (Phi) is 6.39. The Morgan fingerprint density at radius 3 is 2.38 bits per heavy atom. The number of hydrogen-bond acceptors (Lipinski definition) is 4. The van der Waals surface area contributed by atoms with Gasteiger partial charge in [-0.15, -0.1) is 0 Å². The van der Waals surface area contributed by atoms with Crippen molar-refractivity contribution in [3.05, 3.63) is 29.3 Å². The molecule has 3 rings (SSSR count). The molecule has 5 amide bonds. The first-order chi connectivity index (χ1) is 13.8. The zero-order valence-electron chi connectivity index (χ0n) is 16.2. The minimum absolute atomic E-state index is 0.0418. The van der Waals surface area contributed by atoms with Crippen LogP contribution < -0.4 is 21.0 Å². The molecule has 1 aromatic carbocycles. The molecule has 2 aliphatic rings. The number of nitrogens with one attached hydrogen (secondary N) is 4. The maximum absolute atomic E-state index is 12.7. The van der Waals surface area contributed by atoms with Gasteiger partial charge >= 0.3 is 6.03 Å². The second-order valence-corrected chi connectivity index (χ2v) is 8.05. The van der Waals surface area contributed by atoms with Crippen molar-refractivity contribution in [1.29, 1.82) is 0 Å². The normalized spacial score (nSPS) is 19.0. The molecule has 0 aromatic heterocycles. The van der Waals surface area contributed by atoms with Crippen LogP contribution in [0.5, 0.6) is 0 Å². The number of imide groups is 1. The molecule has 9 nitrogen and oxygen atoms in total. The molecule has 10 heteroatoms. The van der Waals surface area contributed by atoms with Gasteiger partial charge in [-0.3, -0.25) is 19.8 Å². The van der Waals surface area contributed by atoms with Crippen molar-refractivity contribution in [2.45, 2.75) is 37.6 Å². The van der Waals surface area contributed by atoms with Gasteiger partial charge in [-0.25, -0.2) is 4.79 Å². The number of anilines is 1. The highest BCUT2D eigenvalue weighted by molar-refractivity contribution is 6.30. The van der Waals surface area contributed by atoms with Crippen LogP contribution in [0.25, 0.3) is 0 Å². The summed E-state index contributed by atoms with van der Waals surface area (Å²) in [7, 11) is 1.68. The number of amides is 5. The van der Waals surface area contributed by atoms with Gasteiger partial charge in [0, 0.05) is 10.7 Å². The number of carbonyl (C=O) groups excluding carboxylic acids is 4. The maximum Gasteiger partial charge on any atom is 0.344 e. The molecule has 0 radical (unpaired) electrons. The van der Waals surface area contributed by atoms with Crippen LogP contribution in [0, 0.1) is 0 Å². The van der Waals surface area contributed by atoms with Crippen LogP contribution in [0.4, 0.5) is 10.5 Å². The second kappa shape index (κ2) is 8.79. The molecular weight excluding hydrogens is 398 g/mol. The molecule has 1 aromatic rings. The number of hydrazine groups is 1. The molecule has 4 N–H and O–H groups in total. The number of nitrogens with zero attached hydrogens (tertiary/aromatic N) is 1. The van der Waals surface area contributed by atoms with Gasteiger partial charge in [-0.05, 0) is 37.1 Å². The molecule has 1 saturated carbocycles. The highest BCUT2D eigenvalue weighted by Gasteiger charge is 2.52. The highest BCUT2D eigenvalue weighted by atomic mass is 35.5. The van der Waals surface area contributed by atoms with Crippen molar-refractivity contribution in [3.8, 4) is 0 Å². The summed E-state index contributed by atoms with van der Waals surface area (Å²) in [6.07, 6.45) is 3.93. The third-order valence-electron chi connectivity index (χ3n) is 5.16. The summed E-state index contributed by atoms with van der Waals surface area (Å²) in [5, 5.41) is 6.79. The predicted octanol–water partition coefficient (Wildman–Crippen LogP) is 0.0791. The number of rotatable bonds is 6. The minimum Gasteiger partial charge on any atom is -0.322 e. The van der Waals surface area contributed by atoms with Gasteiger partial charge in [0.25, 0.3) is 17.7 Å². The molecule has 1 heterocycles. The van der Waals surface area contributed by atoms with E-state index in [2.05, 4.69) is 16.1 Å². The summed E-state index contributed by atoms with van der Waals surface area (Å²) in [4.78, 5) is 49.9. The lowest BCUT2D eigenvalue weighted by molar-refractivity contribution is -0.862. The molecule has 1 spiro atoms. The lowest BCUT2D eigenvalue weighted by Crippen LogP contribution is -3.11. The van der Waals surface area contributed by atoms with Gasteiger partial charge in [-0.1, -0.05) is 30.9 Å². The predicted molar refractivity (Wildman–Crippen MR) is 106 cm³/mol. The minimum atomic E-state index is -0.889. The fourth-order valence-corrected chi connectivity index (χ4v) is 3.86. The molecule has 2 fully saturated rings. The van der Waals surface area contributed by atoms with E-state index < -0.39 is 23.4 Å². The van der Waals surface area contributed by atoms with E-state index in [4.69, 9.17) is 11.6 Å². The SMILES string of the molecule is C[NH+](CC(=O)Nc1ccc(Cl)cc1)CC(=O)NN1C(=O)NC2(CCCCC2)C1=O. The first-order valence-electron chi connectivity index (χ1n) is 9.62. The van der Waals surface area contributed by atoms with Crippen molar-refractivity contribution < 1.29 is 24.1 Å². The summed E-state index contributed by atoms with van der Waals surface area (Å²) < 4.78 is 0. The fraction of sp³-hybridized carbons (Fsp3) is 0.474. The third kappa shape index (κ3) is 5.04. The quantitative estimate of drug-likeness (QED) is 0.486. The molecular formula is C19H25ClN5O4+. The van der Waals surface area contributed by atoms with Crippen LogP contribution in [-0.4, -0.2) is 54.4 Å². The van der Waals surface area contributed by atoms with E-state index in [1.54, 1.807) is 31.3 Å². The van der Waals surface area contributed by atoms with Crippen molar-refractivity contribution in [3.63, 3.8) is 0 Å². The second-order valence-electron chi connectivity index (χ2n) is 7.61. The van der Waals surface area contributed by atoms with Gasteiger partial charge < -0.3 is 15.5 Å². The third-order valence-corrected chi connectivity index (χ3v) is 5.41. The maximum atomic E-state index is 12.7. The molecule has 156 valence electrons. The first-order valence-corrected chi connectivity index (χ1v) is 10.00. The topological polar surface area (TPSA) is 112 Å². The lowest BCUT2D eigenvalue weighted by atomic mass is 9.82. The van der Waals surface area contributed by atoms with Crippen molar-refractivity contribution in [2.75, 3.05) is 25.5 Å². The molecule has 1 aliphatic carbocycles. The van der Waals surface area contributed by atoms with Crippen LogP contribution >= 0.6 is 11.6 Å². The van der Waals surface area contributed by atoms with E-state index in [-0.39, 0.29) is 19.0 Å². The van der Waals surface area contributed by atoms with E-state index in [1.165, 1.54) is 0 Å². The summed E-state index contributed by atoms with van der Waals surface area (Å²) in [6, 6.07) is 6.09. The van der Waals surface area contributed by atoms with Gasteiger partial charge in [0.05, 0.1) is 7.05 Å². The standard InChI is InChI=1S/C19H24ClN5O4/c1-24(11-15(26)21-14-7-5-13(20)6-8-14)12-16(27)23-25-17(28)19(22-18(25)29)9-3-2-4-10-19/h5-8H,2-4,9-12H2,1H3,(H,21,26)(H,22,29)(H,23,27)/p+1. The van der Waals surface area contributed by atoms with Crippen LogP contribution in [-0.2, 0) is 14.4 Å². The Labute approximate surface area is 173 Å². The number of likely N-dealkylation sites (N-methyl/N-ethyl adjacent to an activating group) is 1. The Morgan fingerprint density at radius 1 is 1.10 bits per heavy atom. The van der Waals surface area contributed by atoms with Crippen LogP contribution in [0.2, 0.25) is 5.02 Å². The molecule has 1 unspecified atom stereocenters. The Hall–Kier alpha value is -2.65. The zero-order valence-corrected chi connectivity index (χ0v) is 17.0. The van der Waals surface area contributed by atoms with Gasteiger partial charge in [0.1, 0.15) is 5.54 Å². The molecule has 1 saturated heterocycles. The number of urea groups is 1. The highest BCUT2D eigenvalue weighted by Crippen LogP contribution is 2.32. The van der Waals surface area contributed by atoms with Crippen molar-refractivity contribution in [2.24, 2.45) is 0 Å². The molecule has 1 aliphatic heterocycles. The van der Waals surface area contributed by atoms with Crippen LogP contribution in [0.15, 0.2) is 24.3 Å². The van der Waals surface area contributed by atoms with E-state index in [1.807, 2.05) is 0 Å². The monoisotopic (exact) mass is 422 g/mol. The largest absolute Gasteiger partial charge is 0.344 e. The summed E-state index contributed by atoms with van der Waals surface area (Å²) >= 11 is 5.81. The molecule has 1 atom stereocenters. The number of hydrogen-bond donors (Lipinski definition) is 4. The zero-order chi connectivity index (χ0) is 21.0. The van der Waals surface area contributed by atoms with E-state index in [0.717, 1.165) is 24.3 Å². The Balaban J connectivity index is 1.48. The van der Waals surface area contributed by atoms with Crippen LogP contribution in [0.3, 0.4) is 0 Å².